The topological polar surface area (TPSA) is 39.1 Å². The van der Waals surface area contributed by atoms with Gasteiger partial charge in [0.1, 0.15) is 5.75 Å². The summed E-state index contributed by atoms with van der Waals surface area (Å²) < 4.78 is 7.51. The Kier molecular flexibility index (Phi) is 4.13. The lowest BCUT2D eigenvalue weighted by Crippen LogP contribution is -2.14. The predicted molar refractivity (Wildman–Crippen MR) is 85.4 cm³/mol. The Balaban J connectivity index is 1.80. The van der Waals surface area contributed by atoms with E-state index in [1.807, 2.05) is 24.3 Å². The molecule has 1 aliphatic carbocycles. The molecule has 112 valence electrons. The third-order valence-electron chi connectivity index (χ3n) is 4.17. The van der Waals surface area contributed by atoms with Crippen molar-refractivity contribution in [2.75, 3.05) is 12.4 Å². The molecule has 1 aromatic heterocycles. The van der Waals surface area contributed by atoms with Crippen molar-refractivity contribution < 1.29 is 4.74 Å². The molecule has 3 rings (SSSR count). The molecule has 21 heavy (non-hydrogen) atoms. The van der Waals surface area contributed by atoms with Gasteiger partial charge in [0.25, 0.3) is 0 Å². The maximum atomic E-state index is 5.19. The van der Waals surface area contributed by atoms with Gasteiger partial charge in [-0.15, -0.1) is 0 Å². The number of ether oxygens (including phenoxy) is 1. The molecular weight excluding hydrogens is 262 g/mol. The average Bonchev–Trinajstić information content (AvgIpc) is 2.89. The molecule has 0 aliphatic heterocycles. The van der Waals surface area contributed by atoms with Crippen molar-refractivity contribution in [2.45, 2.75) is 45.1 Å². The van der Waals surface area contributed by atoms with Crippen LogP contribution in [-0.4, -0.2) is 16.7 Å². The molecule has 0 radical (unpaired) electrons. The normalized spacial score (nSPS) is 15.9. The molecule has 1 aliphatic rings. The minimum absolute atomic E-state index is 0.584. The Labute approximate surface area is 126 Å². The van der Waals surface area contributed by atoms with E-state index in [1.165, 1.54) is 32.1 Å². The largest absolute Gasteiger partial charge is 0.497 e. The molecule has 0 atom stereocenters. The molecule has 1 heterocycles. The summed E-state index contributed by atoms with van der Waals surface area (Å²) in [4.78, 5) is 4.64. The number of aromatic nitrogens is 2. The number of methoxy groups -OCH3 is 1. The van der Waals surface area contributed by atoms with Crippen molar-refractivity contribution in [1.82, 2.24) is 9.55 Å². The molecule has 0 spiro atoms. The highest BCUT2D eigenvalue weighted by molar-refractivity contribution is 5.55. The van der Waals surface area contributed by atoms with Crippen molar-refractivity contribution in [3.8, 4) is 5.75 Å². The first-order valence-corrected chi connectivity index (χ1v) is 7.73. The highest BCUT2D eigenvalue weighted by Gasteiger charge is 2.18. The van der Waals surface area contributed by atoms with E-state index in [9.17, 15) is 0 Å². The van der Waals surface area contributed by atoms with Crippen molar-refractivity contribution in [3.63, 3.8) is 0 Å². The van der Waals surface area contributed by atoms with Crippen LogP contribution in [0.5, 0.6) is 5.75 Å². The lowest BCUT2D eigenvalue weighted by atomic mass is 9.95. The molecule has 0 unspecified atom stereocenters. The van der Waals surface area contributed by atoms with E-state index in [0.29, 0.717) is 6.04 Å². The fourth-order valence-electron chi connectivity index (χ4n) is 3.05. The number of rotatable bonds is 4. The first-order valence-electron chi connectivity index (χ1n) is 7.73. The zero-order valence-electron chi connectivity index (χ0n) is 12.8. The van der Waals surface area contributed by atoms with Crippen LogP contribution in [0.1, 0.15) is 43.8 Å². The summed E-state index contributed by atoms with van der Waals surface area (Å²) in [6.07, 6.45) is 8.70. The number of imidazole rings is 1. The quantitative estimate of drug-likeness (QED) is 0.902. The number of anilines is 2. The van der Waals surface area contributed by atoms with E-state index in [4.69, 9.17) is 4.74 Å². The summed E-state index contributed by atoms with van der Waals surface area (Å²) in [5.74, 6) is 1.82. The van der Waals surface area contributed by atoms with Gasteiger partial charge in [0, 0.05) is 17.9 Å². The van der Waals surface area contributed by atoms with Gasteiger partial charge >= 0.3 is 0 Å². The second kappa shape index (κ2) is 6.20. The molecule has 1 N–H and O–H groups in total. The molecule has 0 amide bonds. The lowest BCUT2D eigenvalue weighted by Gasteiger charge is -2.24. The smallest absolute Gasteiger partial charge is 0.207 e. The second-order valence-corrected chi connectivity index (χ2v) is 5.76. The van der Waals surface area contributed by atoms with E-state index in [0.717, 1.165) is 23.1 Å². The third kappa shape index (κ3) is 3.20. The van der Waals surface area contributed by atoms with Crippen LogP contribution < -0.4 is 10.1 Å². The summed E-state index contributed by atoms with van der Waals surface area (Å²) in [6, 6.07) is 8.55. The molecule has 0 saturated heterocycles. The van der Waals surface area contributed by atoms with E-state index >= 15 is 0 Å². The highest BCUT2D eigenvalue weighted by atomic mass is 16.5. The molecule has 4 heteroatoms. The summed E-state index contributed by atoms with van der Waals surface area (Å²) in [5.41, 5.74) is 2.11. The summed E-state index contributed by atoms with van der Waals surface area (Å²) in [7, 11) is 1.68. The minimum Gasteiger partial charge on any atom is -0.497 e. The monoisotopic (exact) mass is 285 g/mol. The molecule has 4 nitrogen and oxygen atoms in total. The maximum Gasteiger partial charge on any atom is 0.207 e. The van der Waals surface area contributed by atoms with Crippen LogP contribution in [0.15, 0.2) is 30.5 Å². The van der Waals surface area contributed by atoms with Gasteiger partial charge in [-0.3, -0.25) is 0 Å². The molecule has 2 aromatic rings. The number of nitrogens with zero attached hydrogens (tertiary/aromatic N) is 2. The van der Waals surface area contributed by atoms with Gasteiger partial charge < -0.3 is 14.6 Å². The number of nitrogens with one attached hydrogen (secondary N) is 1. The standard InChI is InChI=1S/C17H23N3O/c1-13-12-20(15-6-4-3-5-7-15)17(18-13)19-14-8-10-16(21-2)11-9-14/h8-12,15H,3-7H2,1-2H3,(H,18,19). The van der Waals surface area contributed by atoms with Crippen LogP contribution >= 0.6 is 0 Å². The fourth-order valence-corrected chi connectivity index (χ4v) is 3.05. The van der Waals surface area contributed by atoms with Gasteiger partial charge in [0.15, 0.2) is 0 Å². The Morgan fingerprint density at radius 3 is 2.52 bits per heavy atom. The fraction of sp³-hybridized carbons (Fsp3) is 0.471. The Morgan fingerprint density at radius 1 is 1.14 bits per heavy atom. The van der Waals surface area contributed by atoms with E-state index in [2.05, 4.69) is 28.0 Å². The van der Waals surface area contributed by atoms with Crippen molar-refractivity contribution >= 4 is 11.6 Å². The van der Waals surface area contributed by atoms with E-state index < -0.39 is 0 Å². The van der Waals surface area contributed by atoms with Crippen LogP contribution in [0.3, 0.4) is 0 Å². The van der Waals surface area contributed by atoms with Gasteiger partial charge in [-0.1, -0.05) is 19.3 Å². The van der Waals surface area contributed by atoms with Crippen molar-refractivity contribution in [3.05, 3.63) is 36.2 Å². The van der Waals surface area contributed by atoms with Gasteiger partial charge in [0.2, 0.25) is 5.95 Å². The SMILES string of the molecule is COc1ccc(Nc2nc(C)cn2C2CCCCC2)cc1. The summed E-state index contributed by atoms with van der Waals surface area (Å²) in [6.45, 7) is 2.05. The molecular formula is C17H23N3O. The van der Waals surface area contributed by atoms with Crippen LogP contribution in [0.2, 0.25) is 0 Å². The van der Waals surface area contributed by atoms with E-state index in [1.54, 1.807) is 7.11 Å². The van der Waals surface area contributed by atoms with Crippen LogP contribution in [0, 0.1) is 6.92 Å². The third-order valence-corrected chi connectivity index (χ3v) is 4.17. The number of hydrogen-bond donors (Lipinski definition) is 1. The number of aryl methyl sites for hydroxylation is 1. The first-order chi connectivity index (χ1) is 10.3. The molecule has 1 fully saturated rings. The van der Waals surface area contributed by atoms with Gasteiger partial charge in [0.05, 0.1) is 12.8 Å². The van der Waals surface area contributed by atoms with Crippen LogP contribution in [0.25, 0.3) is 0 Å². The Hall–Kier alpha value is -1.97. The van der Waals surface area contributed by atoms with Gasteiger partial charge in [-0.25, -0.2) is 4.98 Å². The zero-order valence-corrected chi connectivity index (χ0v) is 12.8. The lowest BCUT2D eigenvalue weighted by molar-refractivity contribution is 0.356. The van der Waals surface area contributed by atoms with Crippen LogP contribution in [-0.2, 0) is 0 Å². The average molecular weight is 285 g/mol. The zero-order chi connectivity index (χ0) is 14.7. The molecule has 1 saturated carbocycles. The van der Waals surface area contributed by atoms with Gasteiger partial charge in [-0.05, 0) is 44.0 Å². The maximum absolute atomic E-state index is 5.19. The summed E-state index contributed by atoms with van der Waals surface area (Å²) in [5, 5.41) is 3.44. The molecule has 0 bridgehead atoms. The first kappa shape index (κ1) is 14.0. The van der Waals surface area contributed by atoms with Crippen LogP contribution in [0.4, 0.5) is 11.6 Å². The second-order valence-electron chi connectivity index (χ2n) is 5.76. The highest BCUT2D eigenvalue weighted by Crippen LogP contribution is 2.31. The molecule has 1 aromatic carbocycles. The van der Waals surface area contributed by atoms with Crippen molar-refractivity contribution in [1.29, 1.82) is 0 Å². The summed E-state index contributed by atoms with van der Waals surface area (Å²) >= 11 is 0. The minimum atomic E-state index is 0.584. The number of benzene rings is 1. The van der Waals surface area contributed by atoms with E-state index in [-0.39, 0.29) is 0 Å². The van der Waals surface area contributed by atoms with Gasteiger partial charge in [-0.2, -0.15) is 0 Å². The van der Waals surface area contributed by atoms with Crippen molar-refractivity contribution in [2.24, 2.45) is 0 Å². The number of hydrogen-bond acceptors (Lipinski definition) is 3. The predicted octanol–water partition coefficient (Wildman–Crippen LogP) is 4.45. The Bertz CT molecular complexity index is 583. The Morgan fingerprint density at radius 2 is 1.86 bits per heavy atom.